The highest BCUT2D eigenvalue weighted by Crippen LogP contribution is 2.28. The first kappa shape index (κ1) is 8.02. The topological polar surface area (TPSA) is 40.5 Å². The summed E-state index contributed by atoms with van der Waals surface area (Å²) in [5.74, 6) is 0.748. The normalized spacial score (nSPS) is 34.2. The van der Waals surface area contributed by atoms with E-state index >= 15 is 0 Å². The average molecular weight is 144 g/mol. The van der Waals surface area contributed by atoms with Crippen molar-refractivity contribution in [2.75, 3.05) is 13.2 Å². The van der Waals surface area contributed by atoms with Gasteiger partial charge < -0.3 is 10.2 Å². The predicted octanol–water partition coefficient (Wildman–Crippen LogP) is 0.777. The van der Waals surface area contributed by atoms with Gasteiger partial charge in [0.05, 0.1) is 0 Å². The number of rotatable bonds is 2. The van der Waals surface area contributed by atoms with Gasteiger partial charge in [0.25, 0.3) is 0 Å². The fourth-order valence-corrected chi connectivity index (χ4v) is 1.77. The highest BCUT2D eigenvalue weighted by atomic mass is 16.3. The van der Waals surface area contributed by atoms with Crippen LogP contribution in [0.15, 0.2) is 0 Å². The SMILES string of the molecule is OC[C@H]1CCCC[C@@H]1CO. The Morgan fingerprint density at radius 2 is 1.30 bits per heavy atom. The molecule has 0 amide bonds. The molecular formula is C8H16O2. The molecule has 2 atom stereocenters. The van der Waals surface area contributed by atoms with Crippen molar-refractivity contribution in [3.05, 3.63) is 0 Å². The molecule has 2 heteroatoms. The molecule has 0 radical (unpaired) electrons. The lowest BCUT2D eigenvalue weighted by Crippen LogP contribution is -2.25. The standard InChI is InChI=1S/C8H16O2/c9-5-7-3-1-2-4-8(7)6-10/h7-10H,1-6H2/t7-,8-/m1/s1. The number of hydrogen-bond donors (Lipinski definition) is 2. The van der Waals surface area contributed by atoms with Crippen LogP contribution in [0.2, 0.25) is 0 Å². The van der Waals surface area contributed by atoms with Gasteiger partial charge in [0, 0.05) is 13.2 Å². The fraction of sp³-hybridized carbons (Fsp3) is 1.00. The van der Waals surface area contributed by atoms with Crippen molar-refractivity contribution < 1.29 is 10.2 Å². The third kappa shape index (κ3) is 1.70. The molecule has 1 aliphatic rings. The van der Waals surface area contributed by atoms with Crippen LogP contribution in [-0.2, 0) is 0 Å². The number of aliphatic hydroxyl groups excluding tert-OH is 2. The molecule has 1 rings (SSSR count). The fourth-order valence-electron chi connectivity index (χ4n) is 1.77. The number of aliphatic hydroxyl groups is 2. The quantitative estimate of drug-likeness (QED) is 0.601. The summed E-state index contributed by atoms with van der Waals surface area (Å²) in [6, 6.07) is 0. The van der Waals surface area contributed by atoms with Gasteiger partial charge in [-0.15, -0.1) is 0 Å². The van der Waals surface area contributed by atoms with Crippen molar-refractivity contribution in [2.24, 2.45) is 11.8 Å². The first-order chi connectivity index (χ1) is 4.88. The molecule has 0 spiro atoms. The van der Waals surface area contributed by atoms with Crippen LogP contribution in [-0.4, -0.2) is 23.4 Å². The summed E-state index contributed by atoms with van der Waals surface area (Å²) in [6.07, 6.45) is 4.65. The molecule has 0 aromatic rings. The third-order valence-electron chi connectivity index (χ3n) is 2.54. The largest absolute Gasteiger partial charge is 0.396 e. The molecule has 1 fully saturated rings. The molecule has 0 saturated heterocycles. The van der Waals surface area contributed by atoms with E-state index in [1.54, 1.807) is 0 Å². The molecule has 60 valence electrons. The summed E-state index contributed by atoms with van der Waals surface area (Å²) in [5, 5.41) is 17.8. The van der Waals surface area contributed by atoms with Crippen LogP contribution in [0.5, 0.6) is 0 Å². The van der Waals surface area contributed by atoms with Crippen LogP contribution in [0.4, 0.5) is 0 Å². The Bertz CT molecular complexity index is 81.3. The Balaban J connectivity index is 2.34. The van der Waals surface area contributed by atoms with E-state index in [9.17, 15) is 0 Å². The Labute approximate surface area is 61.9 Å². The van der Waals surface area contributed by atoms with Crippen LogP contribution in [0.3, 0.4) is 0 Å². The molecule has 0 aliphatic heterocycles. The van der Waals surface area contributed by atoms with E-state index in [1.807, 2.05) is 0 Å². The lowest BCUT2D eigenvalue weighted by atomic mass is 9.80. The van der Waals surface area contributed by atoms with Crippen LogP contribution in [0.1, 0.15) is 25.7 Å². The van der Waals surface area contributed by atoms with Crippen LogP contribution in [0.25, 0.3) is 0 Å². The third-order valence-corrected chi connectivity index (χ3v) is 2.54. The maximum absolute atomic E-state index is 8.88. The van der Waals surface area contributed by atoms with Gasteiger partial charge in [0.15, 0.2) is 0 Å². The first-order valence-corrected chi connectivity index (χ1v) is 4.10. The summed E-state index contributed by atoms with van der Waals surface area (Å²) in [7, 11) is 0. The monoisotopic (exact) mass is 144 g/mol. The molecule has 2 nitrogen and oxygen atoms in total. The van der Waals surface area contributed by atoms with Gasteiger partial charge in [-0.1, -0.05) is 12.8 Å². The zero-order valence-corrected chi connectivity index (χ0v) is 6.29. The minimum atomic E-state index is 0.255. The summed E-state index contributed by atoms with van der Waals surface area (Å²) in [6.45, 7) is 0.510. The van der Waals surface area contributed by atoms with Crippen molar-refractivity contribution in [2.45, 2.75) is 25.7 Å². The Kier molecular flexibility index (Phi) is 3.16. The zero-order chi connectivity index (χ0) is 7.40. The molecule has 0 unspecified atom stereocenters. The van der Waals surface area contributed by atoms with Gasteiger partial charge in [-0.05, 0) is 24.7 Å². The highest BCUT2D eigenvalue weighted by Gasteiger charge is 2.23. The van der Waals surface area contributed by atoms with Gasteiger partial charge in [0.2, 0.25) is 0 Å². The second kappa shape index (κ2) is 3.94. The zero-order valence-electron chi connectivity index (χ0n) is 6.29. The van der Waals surface area contributed by atoms with Gasteiger partial charge in [-0.3, -0.25) is 0 Å². The predicted molar refractivity (Wildman–Crippen MR) is 39.6 cm³/mol. The molecule has 1 aliphatic carbocycles. The van der Waals surface area contributed by atoms with E-state index in [2.05, 4.69) is 0 Å². The molecule has 0 heterocycles. The Morgan fingerprint density at radius 1 is 0.900 bits per heavy atom. The van der Waals surface area contributed by atoms with Crippen molar-refractivity contribution in [1.29, 1.82) is 0 Å². The Hall–Kier alpha value is -0.0800. The first-order valence-electron chi connectivity index (χ1n) is 4.10. The van der Waals surface area contributed by atoms with Crippen LogP contribution >= 0.6 is 0 Å². The Morgan fingerprint density at radius 3 is 1.60 bits per heavy atom. The lowest BCUT2D eigenvalue weighted by Gasteiger charge is -2.28. The van der Waals surface area contributed by atoms with Gasteiger partial charge in [-0.25, -0.2) is 0 Å². The van der Waals surface area contributed by atoms with Gasteiger partial charge in [0.1, 0.15) is 0 Å². The molecular weight excluding hydrogens is 128 g/mol. The average Bonchev–Trinajstić information content (AvgIpc) is 2.04. The molecule has 0 aromatic heterocycles. The maximum atomic E-state index is 8.88. The van der Waals surface area contributed by atoms with Crippen molar-refractivity contribution in [1.82, 2.24) is 0 Å². The van der Waals surface area contributed by atoms with E-state index < -0.39 is 0 Å². The minimum Gasteiger partial charge on any atom is -0.396 e. The molecule has 0 aromatic carbocycles. The van der Waals surface area contributed by atoms with Gasteiger partial charge in [-0.2, -0.15) is 0 Å². The summed E-state index contributed by atoms with van der Waals surface area (Å²) < 4.78 is 0. The summed E-state index contributed by atoms with van der Waals surface area (Å²) in [5.41, 5.74) is 0. The van der Waals surface area contributed by atoms with E-state index in [-0.39, 0.29) is 13.2 Å². The summed E-state index contributed by atoms with van der Waals surface area (Å²) in [4.78, 5) is 0. The molecule has 10 heavy (non-hydrogen) atoms. The van der Waals surface area contributed by atoms with Crippen molar-refractivity contribution in [3.8, 4) is 0 Å². The van der Waals surface area contributed by atoms with Crippen molar-refractivity contribution in [3.63, 3.8) is 0 Å². The number of hydrogen-bond acceptors (Lipinski definition) is 2. The lowest BCUT2D eigenvalue weighted by molar-refractivity contribution is 0.0869. The van der Waals surface area contributed by atoms with E-state index in [4.69, 9.17) is 10.2 Å². The van der Waals surface area contributed by atoms with Crippen LogP contribution < -0.4 is 0 Å². The van der Waals surface area contributed by atoms with Crippen molar-refractivity contribution >= 4 is 0 Å². The van der Waals surface area contributed by atoms with Gasteiger partial charge >= 0.3 is 0 Å². The minimum absolute atomic E-state index is 0.255. The van der Waals surface area contributed by atoms with E-state index in [1.165, 1.54) is 12.8 Å². The second-order valence-corrected chi connectivity index (χ2v) is 3.17. The second-order valence-electron chi connectivity index (χ2n) is 3.17. The maximum Gasteiger partial charge on any atom is 0.0462 e. The van der Waals surface area contributed by atoms with E-state index in [0.29, 0.717) is 11.8 Å². The highest BCUT2D eigenvalue weighted by molar-refractivity contribution is 4.73. The van der Waals surface area contributed by atoms with E-state index in [0.717, 1.165) is 12.8 Å². The smallest absolute Gasteiger partial charge is 0.0462 e. The molecule has 2 N–H and O–H groups in total. The molecule has 1 saturated carbocycles. The molecule has 0 bridgehead atoms. The summed E-state index contributed by atoms with van der Waals surface area (Å²) >= 11 is 0. The van der Waals surface area contributed by atoms with Crippen LogP contribution in [0, 0.1) is 11.8 Å².